The van der Waals surface area contributed by atoms with Gasteiger partial charge in [0.2, 0.25) is 0 Å². The highest BCUT2D eigenvalue weighted by Crippen LogP contribution is 2.24. The van der Waals surface area contributed by atoms with Gasteiger partial charge in [-0.1, -0.05) is 48.0 Å². The molecule has 1 fully saturated rings. The van der Waals surface area contributed by atoms with E-state index in [1.165, 1.54) is 5.56 Å². The predicted molar refractivity (Wildman–Crippen MR) is 137 cm³/mol. The largest absolute Gasteiger partial charge is 0.352 e. The Labute approximate surface area is 204 Å². The molecule has 0 bridgehead atoms. The average molecular weight is 471 g/mol. The zero-order valence-electron chi connectivity index (χ0n) is 19.0. The number of amides is 1. The van der Waals surface area contributed by atoms with Crippen LogP contribution in [0.15, 0.2) is 79.0 Å². The molecule has 0 aliphatic carbocycles. The molecule has 0 radical (unpaired) electrons. The molecule has 6 heteroatoms. The Morgan fingerprint density at radius 3 is 2.50 bits per heavy atom. The number of hydrogen-bond donors (Lipinski definition) is 1. The third-order valence-electron chi connectivity index (χ3n) is 6.47. The van der Waals surface area contributed by atoms with Crippen LogP contribution in [0.5, 0.6) is 0 Å². The van der Waals surface area contributed by atoms with Crippen LogP contribution >= 0.6 is 11.6 Å². The predicted octanol–water partition coefficient (Wildman–Crippen LogP) is 5.59. The third kappa shape index (κ3) is 5.27. The lowest BCUT2D eigenvalue weighted by Gasteiger charge is -2.32. The SMILES string of the molecule is O=C(NCC1CCN(Cc2ccc(Cl)cc2)CC1)c1cc(-c2ccccn2)nc2ccccc12. The van der Waals surface area contributed by atoms with Crippen LogP contribution < -0.4 is 5.32 Å². The lowest BCUT2D eigenvalue weighted by molar-refractivity contribution is 0.0937. The minimum absolute atomic E-state index is 0.0561. The number of piperidine rings is 1. The van der Waals surface area contributed by atoms with Gasteiger partial charge in [0.05, 0.1) is 22.5 Å². The molecule has 34 heavy (non-hydrogen) atoms. The zero-order valence-corrected chi connectivity index (χ0v) is 19.7. The molecule has 2 aromatic carbocycles. The number of hydrogen-bond acceptors (Lipinski definition) is 4. The highest BCUT2D eigenvalue weighted by Gasteiger charge is 2.21. The lowest BCUT2D eigenvalue weighted by atomic mass is 9.96. The maximum Gasteiger partial charge on any atom is 0.252 e. The number of likely N-dealkylation sites (tertiary alicyclic amines) is 1. The van der Waals surface area contributed by atoms with Crippen molar-refractivity contribution in [2.75, 3.05) is 19.6 Å². The van der Waals surface area contributed by atoms with Crippen molar-refractivity contribution in [2.45, 2.75) is 19.4 Å². The Kier molecular flexibility index (Phi) is 6.84. The molecule has 0 spiro atoms. The molecule has 1 saturated heterocycles. The number of fused-ring (bicyclic) bond motifs is 1. The van der Waals surface area contributed by atoms with Crippen molar-refractivity contribution in [3.63, 3.8) is 0 Å². The van der Waals surface area contributed by atoms with Gasteiger partial charge in [0.1, 0.15) is 0 Å². The smallest absolute Gasteiger partial charge is 0.252 e. The van der Waals surface area contributed by atoms with Gasteiger partial charge in [0.25, 0.3) is 5.91 Å². The summed E-state index contributed by atoms with van der Waals surface area (Å²) in [5.74, 6) is 0.424. The Morgan fingerprint density at radius 1 is 0.971 bits per heavy atom. The van der Waals surface area contributed by atoms with Crippen LogP contribution in [-0.4, -0.2) is 40.4 Å². The summed E-state index contributed by atoms with van der Waals surface area (Å²) in [5, 5.41) is 4.82. The van der Waals surface area contributed by atoms with Gasteiger partial charge in [0.15, 0.2) is 0 Å². The Hall–Kier alpha value is -3.28. The number of pyridine rings is 2. The highest BCUT2D eigenvalue weighted by atomic mass is 35.5. The summed E-state index contributed by atoms with van der Waals surface area (Å²) < 4.78 is 0. The number of benzene rings is 2. The number of aromatic nitrogens is 2. The first-order chi connectivity index (χ1) is 16.7. The van der Waals surface area contributed by atoms with E-state index in [-0.39, 0.29) is 5.91 Å². The summed E-state index contributed by atoms with van der Waals surface area (Å²) in [6, 6.07) is 23.4. The zero-order chi connectivity index (χ0) is 23.3. The standard InChI is InChI=1S/C28H27ClN4O/c29-22-10-8-21(9-11-22)19-33-15-12-20(13-16-33)18-31-28(34)24-17-27(26-7-3-4-14-30-26)32-25-6-2-1-5-23(24)25/h1-11,14,17,20H,12-13,15-16,18-19H2,(H,31,34). The number of carbonyl (C=O) groups excluding carboxylic acids is 1. The molecule has 1 N–H and O–H groups in total. The number of nitrogens with one attached hydrogen (secondary N) is 1. The maximum absolute atomic E-state index is 13.2. The summed E-state index contributed by atoms with van der Waals surface area (Å²) in [4.78, 5) is 24.8. The van der Waals surface area contributed by atoms with Crippen LogP contribution in [0.1, 0.15) is 28.8 Å². The summed E-state index contributed by atoms with van der Waals surface area (Å²) >= 11 is 6.00. The van der Waals surface area contributed by atoms with Crippen molar-refractivity contribution in [1.82, 2.24) is 20.2 Å². The fourth-order valence-electron chi connectivity index (χ4n) is 4.54. The van der Waals surface area contributed by atoms with Crippen molar-refractivity contribution in [3.8, 4) is 11.4 Å². The van der Waals surface area contributed by atoms with Crippen molar-refractivity contribution >= 4 is 28.4 Å². The molecular weight excluding hydrogens is 444 g/mol. The minimum Gasteiger partial charge on any atom is -0.352 e. The normalized spacial score (nSPS) is 14.9. The van der Waals surface area contributed by atoms with Crippen LogP contribution in [0.25, 0.3) is 22.3 Å². The first kappa shape index (κ1) is 22.5. The molecule has 1 amide bonds. The van der Waals surface area contributed by atoms with E-state index in [9.17, 15) is 4.79 Å². The topological polar surface area (TPSA) is 58.1 Å². The van der Waals surface area contributed by atoms with Crippen molar-refractivity contribution in [2.24, 2.45) is 5.92 Å². The average Bonchev–Trinajstić information content (AvgIpc) is 2.89. The molecule has 0 unspecified atom stereocenters. The minimum atomic E-state index is -0.0561. The maximum atomic E-state index is 13.2. The van der Waals surface area contributed by atoms with E-state index in [0.717, 1.165) is 54.1 Å². The quantitative estimate of drug-likeness (QED) is 0.399. The molecule has 0 saturated carbocycles. The molecule has 4 aromatic rings. The van der Waals surface area contributed by atoms with Gasteiger partial charge in [-0.25, -0.2) is 4.98 Å². The van der Waals surface area contributed by atoms with Crippen LogP contribution in [-0.2, 0) is 6.54 Å². The van der Waals surface area contributed by atoms with Crippen LogP contribution in [0.2, 0.25) is 5.02 Å². The Balaban J connectivity index is 1.23. The van der Waals surface area contributed by atoms with E-state index >= 15 is 0 Å². The second-order valence-corrected chi connectivity index (χ2v) is 9.28. The van der Waals surface area contributed by atoms with Gasteiger partial charge >= 0.3 is 0 Å². The molecule has 172 valence electrons. The Bertz CT molecular complexity index is 1270. The molecule has 3 heterocycles. The molecule has 5 nitrogen and oxygen atoms in total. The molecule has 1 aliphatic heterocycles. The second-order valence-electron chi connectivity index (χ2n) is 8.84. The van der Waals surface area contributed by atoms with E-state index in [1.807, 2.05) is 60.7 Å². The number of rotatable bonds is 6. The van der Waals surface area contributed by atoms with Crippen molar-refractivity contribution in [3.05, 3.63) is 95.1 Å². The Morgan fingerprint density at radius 2 is 1.74 bits per heavy atom. The summed E-state index contributed by atoms with van der Waals surface area (Å²) in [6.45, 7) is 3.69. The molecule has 1 aliphatic rings. The number of para-hydroxylation sites is 1. The van der Waals surface area contributed by atoms with Gasteiger partial charge < -0.3 is 5.32 Å². The van der Waals surface area contributed by atoms with Crippen molar-refractivity contribution < 1.29 is 4.79 Å². The summed E-state index contributed by atoms with van der Waals surface area (Å²) in [7, 11) is 0. The van der Waals surface area contributed by atoms with Crippen LogP contribution in [0.3, 0.4) is 0 Å². The molecule has 2 aromatic heterocycles. The number of halogens is 1. The van der Waals surface area contributed by atoms with E-state index in [4.69, 9.17) is 16.6 Å². The van der Waals surface area contributed by atoms with E-state index in [0.29, 0.717) is 23.7 Å². The van der Waals surface area contributed by atoms with E-state index in [2.05, 4.69) is 27.3 Å². The first-order valence-electron chi connectivity index (χ1n) is 11.7. The molecular formula is C28H27ClN4O. The second kappa shape index (κ2) is 10.3. The summed E-state index contributed by atoms with van der Waals surface area (Å²) in [6.07, 6.45) is 3.89. The van der Waals surface area contributed by atoms with Gasteiger partial charge in [0, 0.05) is 29.7 Å². The number of carbonyl (C=O) groups is 1. The molecule has 0 atom stereocenters. The third-order valence-corrected chi connectivity index (χ3v) is 6.72. The summed E-state index contributed by atoms with van der Waals surface area (Å²) in [5.41, 5.74) is 4.19. The van der Waals surface area contributed by atoms with Gasteiger partial charge in [-0.3, -0.25) is 14.7 Å². The fourth-order valence-corrected chi connectivity index (χ4v) is 4.66. The monoisotopic (exact) mass is 470 g/mol. The fraction of sp³-hybridized carbons (Fsp3) is 0.250. The van der Waals surface area contributed by atoms with Gasteiger partial charge in [-0.05, 0) is 73.8 Å². The highest BCUT2D eigenvalue weighted by molar-refractivity contribution is 6.30. The van der Waals surface area contributed by atoms with Crippen LogP contribution in [0, 0.1) is 5.92 Å². The molecule has 5 rings (SSSR count). The van der Waals surface area contributed by atoms with E-state index in [1.54, 1.807) is 6.20 Å². The lowest BCUT2D eigenvalue weighted by Crippen LogP contribution is -2.38. The van der Waals surface area contributed by atoms with Crippen molar-refractivity contribution in [1.29, 1.82) is 0 Å². The van der Waals surface area contributed by atoms with Gasteiger partial charge in [-0.15, -0.1) is 0 Å². The van der Waals surface area contributed by atoms with Gasteiger partial charge in [-0.2, -0.15) is 0 Å². The van der Waals surface area contributed by atoms with E-state index < -0.39 is 0 Å². The van der Waals surface area contributed by atoms with Crippen LogP contribution in [0.4, 0.5) is 0 Å². The number of nitrogens with zero attached hydrogens (tertiary/aromatic N) is 3. The first-order valence-corrected chi connectivity index (χ1v) is 12.1.